The molecule has 2 heterocycles. The van der Waals surface area contributed by atoms with Crippen LogP contribution in [0.15, 0.2) is 30.7 Å². The van der Waals surface area contributed by atoms with Gasteiger partial charge >= 0.3 is 0 Å². The molecule has 0 spiro atoms. The van der Waals surface area contributed by atoms with Gasteiger partial charge in [-0.05, 0) is 25.0 Å². The molecule has 0 atom stereocenters. The summed E-state index contributed by atoms with van der Waals surface area (Å²) in [6.45, 7) is 0. The highest BCUT2D eigenvalue weighted by atomic mass is 35.5. The van der Waals surface area contributed by atoms with E-state index in [1.165, 1.54) is 0 Å². The van der Waals surface area contributed by atoms with E-state index in [0.29, 0.717) is 17.3 Å². The Bertz CT molecular complexity index is 684. The number of anilines is 1. The Hall–Kier alpha value is -1.53. The van der Waals surface area contributed by atoms with Crippen LogP contribution in [-0.2, 0) is 4.79 Å². The van der Waals surface area contributed by atoms with Crippen LogP contribution in [0, 0.1) is 0 Å². The molecule has 3 rings (SSSR count). The third kappa shape index (κ3) is 2.98. The number of carbonyl (C=O) groups is 1. The Kier molecular flexibility index (Phi) is 4.14. The maximum atomic E-state index is 12.4. The molecule has 2 aromatic rings. The molecule has 0 saturated heterocycles. The molecule has 22 heavy (non-hydrogen) atoms. The molecule has 2 aromatic heterocycles. The Balaban J connectivity index is 1.79. The molecule has 0 radical (unpaired) electrons. The highest BCUT2D eigenvalue weighted by Crippen LogP contribution is 2.41. The Morgan fingerprint density at radius 3 is 2.91 bits per heavy atom. The van der Waals surface area contributed by atoms with Crippen molar-refractivity contribution in [2.24, 2.45) is 0 Å². The summed E-state index contributed by atoms with van der Waals surface area (Å²) in [4.78, 5) is 18.0. The van der Waals surface area contributed by atoms with Crippen molar-refractivity contribution in [2.75, 3.05) is 11.9 Å². The third-order valence-electron chi connectivity index (χ3n) is 4.06. The number of aromatic nitrogens is 3. The number of pyridine rings is 1. The normalized spacial score (nSPS) is 16.1. The van der Waals surface area contributed by atoms with E-state index in [9.17, 15) is 4.79 Å². The van der Waals surface area contributed by atoms with Gasteiger partial charge in [0.2, 0.25) is 5.91 Å². The zero-order valence-electron chi connectivity index (χ0n) is 12.2. The molecule has 0 aromatic carbocycles. The number of hydrogen-bond acceptors (Lipinski definition) is 4. The van der Waals surface area contributed by atoms with E-state index in [-0.39, 0.29) is 10.7 Å². The fourth-order valence-corrected chi connectivity index (χ4v) is 3.19. The average molecular weight is 337 g/mol. The van der Waals surface area contributed by atoms with Crippen molar-refractivity contribution < 1.29 is 4.79 Å². The molecule has 0 unspecified atom stereocenters. The number of halogens is 1. The summed E-state index contributed by atoms with van der Waals surface area (Å²) in [6.07, 6.45) is 8.64. The van der Waals surface area contributed by atoms with Gasteiger partial charge in [0.25, 0.3) is 0 Å². The van der Waals surface area contributed by atoms with Crippen molar-refractivity contribution in [1.29, 1.82) is 0 Å². The fraction of sp³-hybridized carbons (Fsp3) is 0.400. The van der Waals surface area contributed by atoms with Crippen LogP contribution >= 0.6 is 24.2 Å². The van der Waals surface area contributed by atoms with E-state index < -0.39 is 0 Å². The minimum atomic E-state index is -0.156. The highest BCUT2D eigenvalue weighted by Gasteiger charge is 2.36. The summed E-state index contributed by atoms with van der Waals surface area (Å²) in [7, 11) is 1.72. The van der Waals surface area contributed by atoms with Crippen molar-refractivity contribution in [3.63, 3.8) is 0 Å². The second kappa shape index (κ2) is 5.93. The molecule has 0 aliphatic heterocycles. The summed E-state index contributed by atoms with van der Waals surface area (Å²) >= 11 is 10.8. The quantitative estimate of drug-likeness (QED) is 0.873. The lowest BCUT2D eigenvalue weighted by atomic mass is 9.81. The third-order valence-corrected chi connectivity index (χ3v) is 4.94. The van der Waals surface area contributed by atoms with E-state index in [2.05, 4.69) is 22.7 Å². The van der Waals surface area contributed by atoms with Gasteiger partial charge in [0, 0.05) is 24.4 Å². The van der Waals surface area contributed by atoms with Crippen molar-refractivity contribution in [2.45, 2.75) is 30.4 Å². The molecule has 0 bridgehead atoms. The van der Waals surface area contributed by atoms with Gasteiger partial charge in [-0.15, -0.1) is 0 Å². The van der Waals surface area contributed by atoms with Gasteiger partial charge in [0.1, 0.15) is 5.69 Å². The molecule has 1 amide bonds. The molecule has 5 nitrogen and oxygen atoms in total. The zero-order valence-corrected chi connectivity index (χ0v) is 13.9. The Morgan fingerprint density at radius 2 is 2.32 bits per heavy atom. The lowest BCUT2D eigenvalue weighted by Crippen LogP contribution is -2.38. The van der Waals surface area contributed by atoms with Gasteiger partial charge in [-0.1, -0.05) is 18.0 Å². The minimum Gasteiger partial charge on any atom is -0.311 e. The van der Waals surface area contributed by atoms with Crippen LogP contribution < -0.4 is 4.90 Å². The lowest BCUT2D eigenvalue weighted by Gasteiger charge is -2.37. The van der Waals surface area contributed by atoms with E-state index in [1.54, 1.807) is 35.2 Å². The van der Waals surface area contributed by atoms with Crippen molar-refractivity contribution in [3.05, 3.63) is 35.9 Å². The van der Waals surface area contributed by atoms with Gasteiger partial charge in [-0.3, -0.25) is 9.78 Å². The number of carbonyl (C=O) groups excluding carboxylic acids is 1. The highest BCUT2D eigenvalue weighted by molar-refractivity contribution is 7.81. The number of hydrogen-bond donors (Lipinski definition) is 1. The van der Waals surface area contributed by atoms with Gasteiger partial charge in [0.05, 0.1) is 18.1 Å². The number of thiol groups is 1. The number of rotatable bonds is 4. The fourth-order valence-electron chi connectivity index (χ4n) is 2.49. The summed E-state index contributed by atoms with van der Waals surface area (Å²) in [6, 6.07) is 3.69. The molecule has 116 valence electrons. The van der Waals surface area contributed by atoms with E-state index in [4.69, 9.17) is 11.6 Å². The molecular weight excluding hydrogens is 320 g/mol. The van der Waals surface area contributed by atoms with Gasteiger partial charge < -0.3 is 4.90 Å². The first kappa shape index (κ1) is 15.4. The largest absolute Gasteiger partial charge is 0.311 e. The molecule has 1 aliphatic rings. The van der Waals surface area contributed by atoms with E-state index >= 15 is 0 Å². The maximum Gasteiger partial charge on any atom is 0.228 e. The molecule has 0 N–H and O–H groups in total. The summed E-state index contributed by atoms with van der Waals surface area (Å²) < 4.78 is 1.46. The van der Waals surface area contributed by atoms with E-state index in [0.717, 1.165) is 24.9 Å². The van der Waals surface area contributed by atoms with Crippen LogP contribution in [0.1, 0.15) is 25.7 Å². The van der Waals surface area contributed by atoms with Crippen LogP contribution in [0.4, 0.5) is 5.69 Å². The van der Waals surface area contributed by atoms with Crippen LogP contribution in [0.5, 0.6) is 0 Å². The molecule has 1 saturated carbocycles. The van der Waals surface area contributed by atoms with Gasteiger partial charge in [-0.2, -0.15) is 17.7 Å². The Morgan fingerprint density at radius 1 is 1.55 bits per heavy atom. The monoisotopic (exact) mass is 336 g/mol. The molecule has 1 fully saturated rings. The average Bonchev–Trinajstić information content (AvgIpc) is 2.87. The van der Waals surface area contributed by atoms with Crippen molar-refractivity contribution >= 4 is 35.8 Å². The minimum absolute atomic E-state index is 0.00216. The van der Waals surface area contributed by atoms with Crippen LogP contribution in [0.2, 0.25) is 5.15 Å². The molecule has 1 aliphatic carbocycles. The van der Waals surface area contributed by atoms with Crippen LogP contribution in [0.25, 0.3) is 5.69 Å². The molecular formula is C15H17ClN4OS. The predicted octanol–water partition coefficient (Wildman–Crippen LogP) is 3.13. The lowest BCUT2D eigenvalue weighted by molar-refractivity contribution is -0.119. The first-order valence-electron chi connectivity index (χ1n) is 7.13. The van der Waals surface area contributed by atoms with Gasteiger partial charge in [0.15, 0.2) is 5.15 Å². The number of amides is 1. The van der Waals surface area contributed by atoms with E-state index in [1.807, 2.05) is 12.1 Å². The standard InChI is InChI=1S/C15H17ClN4OS/c1-19(13(21)8-15(22)5-3-6-15)12-10-20(18-14(12)16)11-4-2-7-17-9-11/h2,4,7,9-10,22H,3,5-6,8H2,1H3. The summed E-state index contributed by atoms with van der Waals surface area (Å²) in [5.41, 5.74) is 1.38. The van der Waals surface area contributed by atoms with Gasteiger partial charge in [-0.25, -0.2) is 4.68 Å². The first-order chi connectivity index (χ1) is 10.5. The van der Waals surface area contributed by atoms with Crippen LogP contribution in [0.3, 0.4) is 0 Å². The van der Waals surface area contributed by atoms with Crippen molar-refractivity contribution in [3.8, 4) is 5.69 Å². The number of nitrogens with zero attached hydrogens (tertiary/aromatic N) is 4. The summed E-state index contributed by atoms with van der Waals surface area (Å²) in [5, 5.41) is 4.54. The second-order valence-corrected chi connectivity index (χ2v) is 6.98. The topological polar surface area (TPSA) is 51.0 Å². The zero-order chi connectivity index (χ0) is 15.7. The Labute approximate surface area is 139 Å². The SMILES string of the molecule is CN(C(=O)CC1(S)CCC1)c1cn(-c2cccnc2)nc1Cl. The maximum absolute atomic E-state index is 12.4. The van der Waals surface area contributed by atoms with Crippen molar-refractivity contribution in [1.82, 2.24) is 14.8 Å². The predicted molar refractivity (Wildman–Crippen MR) is 90.0 cm³/mol. The smallest absolute Gasteiger partial charge is 0.228 e. The molecule has 7 heteroatoms. The summed E-state index contributed by atoms with van der Waals surface area (Å²) in [5.74, 6) is 0.00216. The first-order valence-corrected chi connectivity index (χ1v) is 7.96. The van der Waals surface area contributed by atoms with Crippen LogP contribution in [-0.4, -0.2) is 32.5 Å². The second-order valence-electron chi connectivity index (χ2n) is 5.67.